The third kappa shape index (κ3) is 3.32. The Hall–Kier alpha value is -0.120. The summed E-state index contributed by atoms with van der Waals surface area (Å²) in [5, 5.41) is 3.94. The highest BCUT2D eigenvalue weighted by molar-refractivity contribution is 5.03. The minimum atomic E-state index is 0.440. The SMILES string of the molecule is CCOCCN1CC2(CCCCC2)NCC1C1CC1. The molecule has 1 N–H and O–H groups in total. The molecule has 3 nitrogen and oxygen atoms in total. The van der Waals surface area contributed by atoms with E-state index in [1.165, 1.54) is 58.0 Å². The molecule has 0 aromatic heterocycles. The van der Waals surface area contributed by atoms with Crippen molar-refractivity contribution < 1.29 is 4.74 Å². The Bertz CT molecular complexity index is 284. The van der Waals surface area contributed by atoms with Crippen molar-refractivity contribution in [2.24, 2.45) is 5.92 Å². The van der Waals surface area contributed by atoms with Gasteiger partial charge in [0.1, 0.15) is 0 Å². The lowest BCUT2D eigenvalue weighted by molar-refractivity contribution is 0.0224. The van der Waals surface area contributed by atoms with E-state index in [-0.39, 0.29) is 0 Å². The van der Waals surface area contributed by atoms with Gasteiger partial charge < -0.3 is 10.1 Å². The Kier molecular flexibility index (Phi) is 4.45. The molecule has 0 radical (unpaired) electrons. The minimum Gasteiger partial charge on any atom is -0.380 e. The third-order valence-corrected chi connectivity index (χ3v) is 5.36. The fraction of sp³-hybridized carbons (Fsp3) is 1.00. The van der Waals surface area contributed by atoms with Gasteiger partial charge in [0.25, 0.3) is 0 Å². The molecule has 1 atom stereocenters. The number of hydrogen-bond donors (Lipinski definition) is 1. The fourth-order valence-corrected chi connectivity index (χ4v) is 4.09. The highest BCUT2D eigenvalue weighted by Crippen LogP contribution is 2.39. The van der Waals surface area contributed by atoms with Gasteiger partial charge in [0.05, 0.1) is 6.61 Å². The maximum Gasteiger partial charge on any atom is 0.0593 e. The van der Waals surface area contributed by atoms with Crippen molar-refractivity contribution in [3.05, 3.63) is 0 Å². The average molecular weight is 266 g/mol. The summed E-state index contributed by atoms with van der Waals surface area (Å²) >= 11 is 0. The molecule has 1 aliphatic heterocycles. The number of nitrogens with zero attached hydrogens (tertiary/aromatic N) is 1. The van der Waals surface area contributed by atoms with E-state index in [2.05, 4.69) is 17.1 Å². The lowest BCUT2D eigenvalue weighted by Crippen LogP contribution is -2.65. The molecule has 1 spiro atoms. The molecule has 19 heavy (non-hydrogen) atoms. The van der Waals surface area contributed by atoms with E-state index in [0.29, 0.717) is 5.54 Å². The molecular weight excluding hydrogens is 236 g/mol. The zero-order valence-corrected chi connectivity index (χ0v) is 12.5. The Morgan fingerprint density at radius 1 is 1.21 bits per heavy atom. The van der Waals surface area contributed by atoms with Gasteiger partial charge in [-0.1, -0.05) is 19.3 Å². The van der Waals surface area contributed by atoms with Crippen LogP contribution in [0.3, 0.4) is 0 Å². The molecule has 1 saturated heterocycles. The molecule has 1 heterocycles. The molecule has 110 valence electrons. The van der Waals surface area contributed by atoms with Gasteiger partial charge in [-0.05, 0) is 38.5 Å². The second kappa shape index (κ2) is 6.11. The van der Waals surface area contributed by atoms with E-state index in [1.54, 1.807) is 0 Å². The van der Waals surface area contributed by atoms with E-state index < -0.39 is 0 Å². The summed E-state index contributed by atoms with van der Waals surface area (Å²) in [6, 6.07) is 0.785. The van der Waals surface area contributed by atoms with Crippen LogP contribution in [0.5, 0.6) is 0 Å². The van der Waals surface area contributed by atoms with Crippen LogP contribution in [0.4, 0.5) is 0 Å². The number of hydrogen-bond acceptors (Lipinski definition) is 3. The van der Waals surface area contributed by atoms with Crippen molar-refractivity contribution in [2.75, 3.05) is 32.8 Å². The standard InChI is InChI=1S/C16H30N2O/c1-2-19-11-10-18-13-16(8-4-3-5-9-16)17-12-15(18)14-6-7-14/h14-15,17H,2-13H2,1H3. The Balaban J connectivity index is 1.60. The van der Waals surface area contributed by atoms with Gasteiger partial charge in [-0.25, -0.2) is 0 Å². The first-order valence-corrected chi connectivity index (χ1v) is 8.40. The lowest BCUT2D eigenvalue weighted by atomic mass is 9.79. The molecule has 3 rings (SSSR count). The van der Waals surface area contributed by atoms with Crippen molar-refractivity contribution >= 4 is 0 Å². The first kappa shape index (κ1) is 13.8. The molecule has 0 aromatic carbocycles. The molecule has 3 fully saturated rings. The quantitative estimate of drug-likeness (QED) is 0.773. The smallest absolute Gasteiger partial charge is 0.0593 e. The third-order valence-electron chi connectivity index (χ3n) is 5.36. The van der Waals surface area contributed by atoms with E-state index in [1.807, 2.05) is 0 Å². The fourth-order valence-electron chi connectivity index (χ4n) is 4.09. The van der Waals surface area contributed by atoms with Gasteiger partial charge in [0.15, 0.2) is 0 Å². The van der Waals surface area contributed by atoms with Gasteiger partial charge in [-0.15, -0.1) is 0 Å². The topological polar surface area (TPSA) is 24.5 Å². The second-order valence-electron chi connectivity index (χ2n) is 6.79. The number of rotatable bonds is 5. The van der Waals surface area contributed by atoms with Crippen LogP contribution in [0.1, 0.15) is 51.9 Å². The molecule has 2 saturated carbocycles. The van der Waals surface area contributed by atoms with Crippen LogP contribution in [0.2, 0.25) is 0 Å². The van der Waals surface area contributed by atoms with Crippen molar-refractivity contribution in [3.63, 3.8) is 0 Å². The zero-order valence-electron chi connectivity index (χ0n) is 12.5. The summed E-state index contributed by atoms with van der Waals surface area (Å²) in [7, 11) is 0. The maximum absolute atomic E-state index is 5.60. The summed E-state index contributed by atoms with van der Waals surface area (Å²) in [4.78, 5) is 2.76. The van der Waals surface area contributed by atoms with Crippen molar-refractivity contribution in [3.8, 4) is 0 Å². The molecule has 0 bridgehead atoms. The van der Waals surface area contributed by atoms with Crippen molar-refractivity contribution in [2.45, 2.75) is 63.5 Å². The molecule has 3 heteroatoms. The molecular formula is C16H30N2O. The van der Waals surface area contributed by atoms with Crippen molar-refractivity contribution in [1.82, 2.24) is 10.2 Å². The summed E-state index contributed by atoms with van der Waals surface area (Å²) in [5.41, 5.74) is 0.440. The lowest BCUT2D eigenvalue weighted by Gasteiger charge is -2.50. The number of piperazine rings is 1. The van der Waals surface area contributed by atoms with Crippen LogP contribution in [0.25, 0.3) is 0 Å². The summed E-state index contributed by atoms with van der Waals surface area (Å²) in [6.07, 6.45) is 9.94. The molecule has 0 aromatic rings. The van der Waals surface area contributed by atoms with E-state index in [9.17, 15) is 0 Å². The van der Waals surface area contributed by atoms with E-state index in [4.69, 9.17) is 4.74 Å². The predicted octanol–water partition coefficient (Wildman–Crippen LogP) is 2.41. The van der Waals surface area contributed by atoms with E-state index in [0.717, 1.165) is 31.7 Å². The largest absolute Gasteiger partial charge is 0.380 e. The second-order valence-corrected chi connectivity index (χ2v) is 6.79. The monoisotopic (exact) mass is 266 g/mol. The normalized spacial score (nSPS) is 31.7. The molecule has 3 aliphatic rings. The average Bonchev–Trinajstić information content (AvgIpc) is 3.25. The van der Waals surface area contributed by atoms with Crippen LogP contribution in [0.15, 0.2) is 0 Å². The Morgan fingerprint density at radius 3 is 2.68 bits per heavy atom. The maximum atomic E-state index is 5.60. The van der Waals surface area contributed by atoms with Gasteiger partial charge in [0.2, 0.25) is 0 Å². The van der Waals surface area contributed by atoms with Crippen LogP contribution in [-0.4, -0.2) is 49.3 Å². The summed E-state index contributed by atoms with van der Waals surface area (Å²) in [6.45, 7) is 7.48. The van der Waals surface area contributed by atoms with E-state index >= 15 is 0 Å². The van der Waals surface area contributed by atoms with Crippen LogP contribution in [-0.2, 0) is 4.74 Å². The van der Waals surface area contributed by atoms with Crippen LogP contribution < -0.4 is 5.32 Å². The number of nitrogens with one attached hydrogen (secondary N) is 1. The highest BCUT2D eigenvalue weighted by Gasteiger charge is 2.44. The molecule has 0 amide bonds. The summed E-state index contributed by atoms with van der Waals surface area (Å²) in [5.74, 6) is 0.968. The minimum absolute atomic E-state index is 0.440. The zero-order chi connectivity index (χ0) is 13.1. The van der Waals surface area contributed by atoms with Gasteiger partial charge in [-0.3, -0.25) is 4.90 Å². The van der Waals surface area contributed by atoms with Gasteiger partial charge >= 0.3 is 0 Å². The van der Waals surface area contributed by atoms with Gasteiger partial charge in [-0.2, -0.15) is 0 Å². The Morgan fingerprint density at radius 2 is 2.00 bits per heavy atom. The predicted molar refractivity (Wildman–Crippen MR) is 78.4 cm³/mol. The van der Waals surface area contributed by atoms with Crippen LogP contribution in [0, 0.1) is 5.92 Å². The summed E-state index contributed by atoms with van der Waals surface area (Å²) < 4.78 is 5.60. The molecule has 2 aliphatic carbocycles. The number of ether oxygens (including phenoxy) is 1. The first-order valence-electron chi connectivity index (χ1n) is 8.40. The van der Waals surface area contributed by atoms with Crippen LogP contribution >= 0.6 is 0 Å². The Labute approximate surface area is 118 Å². The van der Waals surface area contributed by atoms with Gasteiger partial charge in [0, 0.05) is 37.8 Å². The molecule has 1 unspecified atom stereocenters. The first-order chi connectivity index (χ1) is 9.33. The van der Waals surface area contributed by atoms with Crippen molar-refractivity contribution in [1.29, 1.82) is 0 Å². The highest BCUT2D eigenvalue weighted by atomic mass is 16.5.